The first-order chi connectivity index (χ1) is 20.9. The van der Waals surface area contributed by atoms with Crippen LogP contribution in [0.4, 0.5) is 0 Å². The van der Waals surface area contributed by atoms with Gasteiger partial charge in [0.2, 0.25) is 21.7 Å². The highest BCUT2D eigenvalue weighted by Gasteiger charge is 2.39. The number of aromatic nitrogens is 1. The molecule has 2 aliphatic heterocycles. The van der Waals surface area contributed by atoms with Gasteiger partial charge in [-0.05, 0) is 77.1 Å². The minimum absolute atomic E-state index is 0.100. The molecular formula is C28H41N9O6S. The molecule has 1 fully saturated rings. The molecular weight excluding hydrogens is 590 g/mol. The molecule has 2 atom stereocenters. The number of carbonyl (C=O) groups is 3. The Labute approximate surface area is 256 Å². The number of rotatable bonds is 14. The van der Waals surface area contributed by atoms with Crippen LogP contribution in [-0.4, -0.2) is 85.5 Å². The molecule has 15 nitrogen and oxygen atoms in total. The van der Waals surface area contributed by atoms with Crippen LogP contribution in [-0.2, 0) is 19.6 Å². The lowest BCUT2D eigenvalue weighted by Crippen LogP contribution is -2.59. The van der Waals surface area contributed by atoms with E-state index in [0.29, 0.717) is 29.9 Å². The van der Waals surface area contributed by atoms with Crippen LogP contribution in [0, 0.1) is 5.92 Å². The number of nitrogens with one attached hydrogen (secondary N) is 4. The number of para-hydroxylation sites is 2. The van der Waals surface area contributed by atoms with E-state index in [1.165, 1.54) is 11.1 Å². The third kappa shape index (κ3) is 8.47. The lowest BCUT2D eigenvalue weighted by atomic mass is 9.90. The third-order valence-corrected chi connectivity index (χ3v) is 9.10. The molecule has 3 heterocycles. The number of carbonyl (C=O) groups excluding carboxylic acids is 3. The Hall–Kier alpha value is -4.18. The highest BCUT2D eigenvalue weighted by molar-refractivity contribution is 7.89. The number of benzene rings is 1. The summed E-state index contributed by atoms with van der Waals surface area (Å²) >= 11 is 0. The minimum atomic E-state index is -3.80. The second kappa shape index (κ2) is 14.1. The second-order valence-corrected chi connectivity index (χ2v) is 13.2. The van der Waals surface area contributed by atoms with E-state index in [0.717, 1.165) is 25.9 Å². The van der Waals surface area contributed by atoms with E-state index in [-0.39, 0.29) is 36.3 Å². The van der Waals surface area contributed by atoms with Gasteiger partial charge < -0.3 is 36.7 Å². The molecule has 2 unspecified atom stereocenters. The fourth-order valence-corrected chi connectivity index (χ4v) is 6.49. The summed E-state index contributed by atoms with van der Waals surface area (Å²) < 4.78 is 33.7. The van der Waals surface area contributed by atoms with Crippen molar-refractivity contribution in [3.05, 3.63) is 42.1 Å². The average Bonchev–Trinajstić information content (AvgIpc) is 3.42. The summed E-state index contributed by atoms with van der Waals surface area (Å²) in [5.74, 6) is -1.97. The highest BCUT2D eigenvalue weighted by atomic mass is 32.2. The van der Waals surface area contributed by atoms with Gasteiger partial charge in [0.05, 0.1) is 11.9 Å². The van der Waals surface area contributed by atoms with Crippen LogP contribution in [0.25, 0.3) is 11.1 Å². The Balaban J connectivity index is 1.44. The maximum absolute atomic E-state index is 13.7. The first-order valence-electron chi connectivity index (χ1n) is 14.6. The monoisotopic (exact) mass is 631 g/mol. The zero-order valence-electron chi connectivity index (χ0n) is 25.0. The fraction of sp³-hybridized carbons (Fsp3) is 0.536. The van der Waals surface area contributed by atoms with Crippen molar-refractivity contribution >= 4 is 44.7 Å². The number of fused-ring (bicyclic) bond motifs is 1. The summed E-state index contributed by atoms with van der Waals surface area (Å²) in [6.07, 6.45) is 3.45. The SMILES string of the molecule is CC1NC=C(NS(=O)(=O)CCC2CCNCC2)C(=O)N1CC(=O)NC(C)(CCCN=C(N)N)C(=O)c1nc2ccccc2o1. The predicted octanol–water partition coefficient (Wildman–Crippen LogP) is -0.133. The van der Waals surface area contributed by atoms with Crippen molar-refractivity contribution in [1.82, 2.24) is 30.6 Å². The zero-order chi connectivity index (χ0) is 31.9. The van der Waals surface area contributed by atoms with E-state index in [1.54, 1.807) is 38.1 Å². The Morgan fingerprint density at radius 3 is 2.66 bits per heavy atom. The lowest BCUT2D eigenvalue weighted by molar-refractivity contribution is -0.136. The number of Topliss-reactive ketones (excluding diaryl/α,β-unsaturated/α-hetero) is 1. The summed E-state index contributed by atoms with van der Waals surface area (Å²) in [6, 6.07) is 6.89. The standard InChI is InChI=1S/C28H41N9O6S/c1-18-33-16-21(36-44(41,42)15-10-19-8-13-31-14-9-19)26(40)37(18)17-23(38)35-28(2,11-5-12-32-27(29)30)24(39)25-34-20-6-3-4-7-22(20)43-25/h3-4,6-7,16,18-19,31,33,36H,5,8-15,17H2,1-2H3,(H,35,38)(H4,29,30,32). The van der Waals surface area contributed by atoms with Gasteiger partial charge in [-0.3, -0.25) is 24.1 Å². The molecule has 1 aromatic carbocycles. The van der Waals surface area contributed by atoms with Gasteiger partial charge in [0.15, 0.2) is 11.5 Å². The third-order valence-electron chi connectivity index (χ3n) is 7.79. The van der Waals surface area contributed by atoms with Gasteiger partial charge in [0, 0.05) is 12.7 Å². The fourth-order valence-electron chi connectivity index (χ4n) is 5.26. The number of piperidine rings is 1. The molecule has 0 radical (unpaired) electrons. The van der Waals surface area contributed by atoms with E-state index < -0.39 is 45.9 Å². The number of aliphatic imine (C=N–C) groups is 1. The van der Waals surface area contributed by atoms with Crippen molar-refractivity contribution in [2.45, 2.75) is 57.7 Å². The van der Waals surface area contributed by atoms with E-state index in [2.05, 4.69) is 30.6 Å². The number of amides is 2. The molecule has 8 N–H and O–H groups in total. The van der Waals surface area contributed by atoms with Crippen LogP contribution in [0.2, 0.25) is 0 Å². The van der Waals surface area contributed by atoms with Crippen molar-refractivity contribution in [3.8, 4) is 0 Å². The number of guanidine groups is 1. The number of oxazole rings is 1. The molecule has 0 aliphatic carbocycles. The van der Waals surface area contributed by atoms with Crippen LogP contribution < -0.4 is 32.1 Å². The summed E-state index contributed by atoms with van der Waals surface area (Å²) in [5, 5.41) is 8.92. The number of hydrogen-bond donors (Lipinski definition) is 6. The van der Waals surface area contributed by atoms with Crippen LogP contribution in [0.1, 0.15) is 56.6 Å². The van der Waals surface area contributed by atoms with Gasteiger partial charge in [-0.2, -0.15) is 0 Å². The number of nitrogens with zero attached hydrogens (tertiary/aromatic N) is 3. The van der Waals surface area contributed by atoms with E-state index in [4.69, 9.17) is 15.9 Å². The largest absolute Gasteiger partial charge is 0.434 e. The topological polar surface area (TPSA) is 227 Å². The van der Waals surface area contributed by atoms with Gasteiger partial charge in [-0.15, -0.1) is 0 Å². The molecule has 0 saturated carbocycles. The quantitative estimate of drug-likeness (QED) is 0.0696. The van der Waals surface area contributed by atoms with E-state index in [9.17, 15) is 22.8 Å². The van der Waals surface area contributed by atoms with Gasteiger partial charge >= 0.3 is 0 Å². The molecule has 2 aliphatic rings. The molecule has 4 rings (SSSR count). The highest BCUT2D eigenvalue weighted by Crippen LogP contribution is 2.23. The van der Waals surface area contributed by atoms with Crippen LogP contribution in [0.5, 0.6) is 0 Å². The van der Waals surface area contributed by atoms with Crippen molar-refractivity contribution in [2.24, 2.45) is 22.4 Å². The maximum Gasteiger partial charge on any atom is 0.274 e. The Kier molecular flexibility index (Phi) is 10.5. The first-order valence-corrected chi connectivity index (χ1v) is 16.3. The Morgan fingerprint density at radius 1 is 1.23 bits per heavy atom. The molecule has 16 heteroatoms. The van der Waals surface area contributed by atoms with Crippen molar-refractivity contribution < 1.29 is 27.2 Å². The van der Waals surface area contributed by atoms with Gasteiger partial charge in [-0.1, -0.05) is 12.1 Å². The Bertz CT molecular complexity index is 1500. The second-order valence-electron chi connectivity index (χ2n) is 11.3. The maximum atomic E-state index is 13.7. The summed E-state index contributed by atoms with van der Waals surface area (Å²) in [7, 11) is -3.80. The van der Waals surface area contributed by atoms with Crippen LogP contribution in [0.3, 0.4) is 0 Å². The summed E-state index contributed by atoms with van der Waals surface area (Å²) in [5.41, 5.74) is 10.1. The molecule has 44 heavy (non-hydrogen) atoms. The molecule has 240 valence electrons. The number of sulfonamides is 1. The normalized spacial score (nSPS) is 19.0. The predicted molar refractivity (Wildman–Crippen MR) is 164 cm³/mol. The number of nitrogens with two attached hydrogens (primary N) is 2. The molecule has 0 spiro atoms. The van der Waals surface area contributed by atoms with Crippen molar-refractivity contribution in [1.29, 1.82) is 0 Å². The average molecular weight is 632 g/mol. The zero-order valence-corrected chi connectivity index (χ0v) is 25.8. The molecule has 2 aromatic rings. The van der Waals surface area contributed by atoms with Gasteiger partial charge in [0.25, 0.3) is 11.8 Å². The molecule has 1 aromatic heterocycles. The molecule has 1 saturated heterocycles. The van der Waals surface area contributed by atoms with Crippen LogP contribution in [0.15, 0.2) is 45.6 Å². The minimum Gasteiger partial charge on any atom is -0.434 e. The van der Waals surface area contributed by atoms with Crippen molar-refractivity contribution in [2.75, 3.05) is 31.9 Å². The van der Waals surface area contributed by atoms with E-state index >= 15 is 0 Å². The molecule has 2 amide bonds. The number of hydrogen-bond acceptors (Lipinski definition) is 10. The molecule has 0 bridgehead atoms. The lowest BCUT2D eigenvalue weighted by Gasteiger charge is -2.35. The number of ketones is 1. The van der Waals surface area contributed by atoms with Gasteiger partial charge in [-0.25, -0.2) is 13.4 Å². The Morgan fingerprint density at radius 2 is 1.95 bits per heavy atom. The van der Waals surface area contributed by atoms with Crippen molar-refractivity contribution in [3.63, 3.8) is 0 Å². The first kappa shape index (κ1) is 32.7. The van der Waals surface area contributed by atoms with Gasteiger partial charge in [0.1, 0.15) is 23.3 Å². The summed E-state index contributed by atoms with van der Waals surface area (Å²) in [6.45, 7) is 4.67. The van der Waals surface area contributed by atoms with Crippen LogP contribution >= 0.6 is 0 Å². The van der Waals surface area contributed by atoms with E-state index in [1.807, 2.05) is 0 Å². The smallest absolute Gasteiger partial charge is 0.274 e. The summed E-state index contributed by atoms with van der Waals surface area (Å²) in [4.78, 5) is 49.8.